The van der Waals surface area contributed by atoms with E-state index in [4.69, 9.17) is 22.3 Å². The van der Waals surface area contributed by atoms with Crippen LogP contribution in [0.15, 0.2) is 54.6 Å². The summed E-state index contributed by atoms with van der Waals surface area (Å²) < 4.78 is 0. The standard InChI is InChI=1S/C13H13BN2O2S/c17-14(18)10-5-4-8-12(9-10)16-13(19)15-11-6-2-1-3-7-11/h1-9,17-18H,(H2,15,16,19). The third-order valence-corrected chi connectivity index (χ3v) is 2.68. The molecule has 2 aromatic carbocycles. The average Bonchev–Trinajstić information content (AvgIpc) is 2.40. The molecule has 0 atom stereocenters. The topological polar surface area (TPSA) is 64.5 Å². The van der Waals surface area contributed by atoms with Crippen molar-refractivity contribution in [3.05, 3.63) is 54.6 Å². The molecule has 96 valence electrons. The molecule has 0 aromatic heterocycles. The lowest BCUT2D eigenvalue weighted by Gasteiger charge is -2.11. The van der Waals surface area contributed by atoms with Gasteiger partial charge in [-0.2, -0.15) is 0 Å². The van der Waals surface area contributed by atoms with E-state index in [0.717, 1.165) is 5.69 Å². The van der Waals surface area contributed by atoms with Gasteiger partial charge in [0.1, 0.15) is 0 Å². The average molecular weight is 272 g/mol. The van der Waals surface area contributed by atoms with Gasteiger partial charge in [-0.15, -0.1) is 0 Å². The number of rotatable bonds is 3. The van der Waals surface area contributed by atoms with Crippen molar-refractivity contribution in [3.63, 3.8) is 0 Å². The maximum Gasteiger partial charge on any atom is 0.488 e. The zero-order chi connectivity index (χ0) is 13.7. The van der Waals surface area contributed by atoms with Crippen LogP contribution < -0.4 is 16.1 Å². The maximum absolute atomic E-state index is 9.10. The third kappa shape index (κ3) is 4.06. The Morgan fingerprint density at radius 2 is 1.53 bits per heavy atom. The van der Waals surface area contributed by atoms with E-state index in [1.165, 1.54) is 0 Å². The van der Waals surface area contributed by atoms with Crippen LogP contribution in [0, 0.1) is 0 Å². The summed E-state index contributed by atoms with van der Waals surface area (Å²) in [5.41, 5.74) is 1.99. The number of para-hydroxylation sites is 1. The highest BCUT2D eigenvalue weighted by molar-refractivity contribution is 7.80. The Balaban J connectivity index is 2.01. The van der Waals surface area contributed by atoms with E-state index in [2.05, 4.69) is 10.6 Å². The molecule has 4 nitrogen and oxygen atoms in total. The molecular formula is C13H13BN2O2S. The molecule has 0 saturated heterocycles. The first-order valence-electron chi connectivity index (χ1n) is 5.74. The molecule has 0 fully saturated rings. The predicted octanol–water partition coefficient (Wildman–Crippen LogP) is 1.18. The number of hydrogen-bond acceptors (Lipinski definition) is 3. The molecule has 2 rings (SSSR count). The van der Waals surface area contributed by atoms with Gasteiger partial charge in [0.25, 0.3) is 0 Å². The summed E-state index contributed by atoms with van der Waals surface area (Å²) in [6.45, 7) is 0. The Kier molecular flexibility index (Phi) is 4.51. The van der Waals surface area contributed by atoms with Gasteiger partial charge < -0.3 is 20.7 Å². The molecule has 0 heterocycles. The smallest absolute Gasteiger partial charge is 0.423 e. The van der Waals surface area contributed by atoms with Crippen LogP contribution >= 0.6 is 12.2 Å². The van der Waals surface area contributed by atoms with Crippen molar-refractivity contribution in [2.24, 2.45) is 0 Å². The lowest BCUT2D eigenvalue weighted by molar-refractivity contribution is 0.426. The SMILES string of the molecule is OB(O)c1cccc(NC(=S)Nc2ccccc2)c1. The number of hydrogen-bond donors (Lipinski definition) is 4. The van der Waals surface area contributed by atoms with Gasteiger partial charge in [-0.1, -0.05) is 30.3 Å². The van der Waals surface area contributed by atoms with Gasteiger partial charge in [-0.05, 0) is 41.9 Å². The van der Waals surface area contributed by atoms with Crippen LogP contribution in [-0.2, 0) is 0 Å². The molecule has 0 saturated carbocycles. The number of nitrogens with one attached hydrogen (secondary N) is 2. The summed E-state index contributed by atoms with van der Waals surface area (Å²) in [6.07, 6.45) is 0. The summed E-state index contributed by atoms with van der Waals surface area (Å²) >= 11 is 5.18. The van der Waals surface area contributed by atoms with Crippen molar-refractivity contribution in [1.82, 2.24) is 0 Å². The van der Waals surface area contributed by atoms with Crippen LogP contribution in [0.2, 0.25) is 0 Å². The Morgan fingerprint density at radius 1 is 0.895 bits per heavy atom. The minimum atomic E-state index is -1.49. The molecule has 0 bridgehead atoms. The van der Waals surface area contributed by atoms with Gasteiger partial charge in [0.15, 0.2) is 5.11 Å². The lowest BCUT2D eigenvalue weighted by atomic mass is 9.80. The fourth-order valence-electron chi connectivity index (χ4n) is 1.59. The van der Waals surface area contributed by atoms with Crippen LogP contribution in [-0.4, -0.2) is 22.3 Å². The van der Waals surface area contributed by atoms with Crippen molar-refractivity contribution in [2.45, 2.75) is 0 Å². The molecule has 0 aliphatic carbocycles. The minimum absolute atomic E-state index is 0.410. The molecule has 0 aliphatic heterocycles. The van der Waals surface area contributed by atoms with Crippen molar-refractivity contribution in [3.8, 4) is 0 Å². The highest BCUT2D eigenvalue weighted by Gasteiger charge is 2.10. The van der Waals surface area contributed by atoms with Gasteiger partial charge in [0.2, 0.25) is 0 Å². The quantitative estimate of drug-likeness (QED) is 0.499. The first-order chi connectivity index (χ1) is 9.15. The van der Waals surface area contributed by atoms with E-state index >= 15 is 0 Å². The van der Waals surface area contributed by atoms with Gasteiger partial charge in [-0.3, -0.25) is 0 Å². The lowest BCUT2D eigenvalue weighted by Crippen LogP contribution is -2.30. The van der Waals surface area contributed by atoms with E-state index in [0.29, 0.717) is 16.3 Å². The summed E-state index contributed by atoms with van der Waals surface area (Å²) in [5.74, 6) is 0. The van der Waals surface area contributed by atoms with Gasteiger partial charge in [0, 0.05) is 11.4 Å². The van der Waals surface area contributed by atoms with E-state index in [1.807, 2.05) is 30.3 Å². The van der Waals surface area contributed by atoms with Crippen molar-refractivity contribution >= 4 is 41.3 Å². The molecule has 0 aliphatic rings. The highest BCUT2D eigenvalue weighted by Crippen LogP contribution is 2.08. The number of thiocarbonyl (C=S) groups is 1. The highest BCUT2D eigenvalue weighted by atomic mass is 32.1. The van der Waals surface area contributed by atoms with Gasteiger partial charge in [-0.25, -0.2) is 0 Å². The zero-order valence-electron chi connectivity index (χ0n) is 10.1. The van der Waals surface area contributed by atoms with Gasteiger partial charge in [0.05, 0.1) is 0 Å². The molecule has 0 amide bonds. The Hall–Kier alpha value is -1.89. The molecular weight excluding hydrogens is 259 g/mol. The van der Waals surface area contributed by atoms with Crippen molar-refractivity contribution in [2.75, 3.05) is 10.6 Å². The molecule has 19 heavy (non-hydrogen) atoms. The van der Waals surface area contributed by atoms with E-state index < -0.39 is 7.12 Å². The number of benzene rings is 2. The number of anilines is 2. The van der Waals surface area contributed by atoms with Crippen LogP contribution in [0.1, 0.15) is 0 Å². The maximum atomic E-state index is 9.10. The predicted molar refractivity (Wildman–Crippen MR) is 82.6 cm³/mol. The fraction of sp³-hybridized carbons (Fsp3) is 0. The van der Waals surface area contributed by atoms with Crippen LogP contribution in [0.4, 0.5) is 11.4 Å². The normalized spacial score (nSPS) is 9.79. The Bertz CT molecular complexity index is 564. The Labute approximate surface area is 117 Å². The molecule has 0 radical (unpaired) electrons. The summed E-state index contributed by atoms with van der Waals surface area (Å²) in [5, 5.41) is 24.7. The second-order valence-electron chi connectivity index (χ2n) is 3.94. The van der Waals surface area contributed by atoms with Crippen LogP contribution in [0.25, 0.3) is 0 Å². The fourth-order valence-corrected chi connectivity index (χ4v) is 1.83. The second-order valence-corrected chi connectivity index (χ2v) is 4.35. The molecule has 6 heteroatoms. The van der Waals surface area contributed by atoms with E-state index in [-0.39, 0.29) is 0 Å². The third-order valence-electron chi connectivity index (χ3n) is 2.47. The molecule has 2 aromatic rings. The molecule has 0 spiro atoms. The first kappa shape index (κ1) is 13.5. The van der Waals surface area contributed by atoms with Gasteiger partial charge >= 0.3 is 7.12 Å². The monoisotopic (exact) mass is 272 g/mol. The minimum Gasteiger partial charge on any atom is -0.423 e. The Morgan fingerprint density at radius 3 is 2.21 bits per heavy atom. The zero-order valence-corrected chi connectivity index (χ0v) is 10.9. The summed E-state index contributed by atoms with van der Waals surface area (Å²) in [4.78, 5) is 0. The van der Waals surface area contributed by atoms with E-state index in [9.17, 15) is 0 Å². The molecule has 4 N–H and O–H groups in total. The van der Waals surface area contributed by atoms with Crippen LogP contribution in [0.3, 0.4) is 0 Å². The van der Waals surface area contributed by atoms with E-state index in [1.54, 1.807) is 24.3 Å². The van der Waals surface area contributed by atoms with Crippen LogP contribution in [0.5, 0.6) is 0 Å². The first-order valence-corrected chi connectivity index (χ1v) is 6.15. The summed E-state index contributed by atoms with van der Waals surface area (Å²) in [6, 6.07) is 16.3. The largest absolute Gasteiger partial charge is 0.488 e. The second kappa shape index (κ2) is 6.33. The van der Waals surface area contributed by atoms with Crippen molar-refractivity contribution < 1.29 is 10.0 Å². The molecule has 0 unspecified atom stereocenters. The van der Waals surface area contributed by atoms with Crippen molar-refractivity contribution in [1.29, 1.82) is 0 Å². The summed E-state index contributed by atoms with van der Waals surface area (Å²) in [7, 11) is -1.49.